The molecule has 0 fully saturated rings. The molecular weight excluding hydrogens is 374 g/mol. The fraction of sp³-hybridized carbons (Fsp3) is 0.652. The molecule has 0 spiro atoms. The van der Waals surface area contributed by atoms with Crippen molar-refractivity contribution in [1.29, 1.82) is 0 Å². The maximum atomic E-state index is 12.1. The molecule has 0 N–H and O–H groups in total. The SMILES string of the molecule is CCCCCCCCCCCCCCOC(=O)c1ccc(Cl)c([N]C(C)=O)c1. The number of carbonyl (C=O) groups is 2. The second-order valence-corrected chi connectivity index (χ2v) is 7.73. The standard InChI is InChI=1S/C23H35ClNO3/c1-3-4-5-6-7-8-9-10-11-12-13-14-17-28-23(27)20-15-16-21(24)22(18-20)25-19(2)26/h15-16,18H,3-14,17H2,1-2H3. The number of hydrogen-bond donors (Lipinski definition) is 0. The summed E-state index contributed by atoms with van der Waals surface area (Å²) in [6, 6.07) is 4.64. The predicted octanol–water partition coefficient (Wildman–Crippen LogP) is 6.98. The molecule has 1 aromatic rings. The quantitative estimate of drug-likeness (QED) is 0.232. The summed E-state index contributed by atoms with van der Waals surface area (Å²) in [6.07, 6.45) is 15.2. The summed E-state index contributed by atoms with van der Waals surface area (Å²) >= 11 is 5.98. The first-order valence-corrected chi connectivity index (χ1v) is 11.1. The maximum absolute atomic E-state index is 12.1. The van der Waals surface area contributed by atoms with Gasteiger partial charge in [0.25, 0.3) is 0 Å². The van der Waals surface area contributed by atoms with Crippen molar-refractivity contribution in [2.24, 2.45) is 0 Å². The highest BCUT2D eigenvalue weighted by Crippen LogP contribution is 2.23. The Morgan fingerprint density at radius 2 is 1.43 bits per heavy atom. The van der Waals surface area contributed by atoms with Gasteiger partial charge >= 0.3 is 5.97 Å². The van der Waals surface area contributed by atoms with Crippen molar-refractivity contribution in [3.8, 4) is 0 Å². The van der Waals surface area contributed by atoms with E-state index in [1.54, 1.807) is 12.1 Å². The van der Waals surface area contributed by atoms with E-state index in [0.717, 1.165) is 12.8 Å². The highest BCUT2D eigenvalue weighted by Gasteiger charge is 2.12. The average molecular weight is 409 g/mol. The molecule has 0 saturated heterocycles. The van der Waals surface area contributed by atoms with E-state index in [1.807, 2.05) is 0 Å². The number of unbranched alkanes of at least 4 members (excludes halogenated alkanes) is 11. The lowest BCUT2D eigenvalue weighted by Crippen LogP contribution is -2.09. The van der Waals surface area contributed by atoms with E-state index in [0.29, 0.717) is 22.9 Å². The lowest BCUT2D eigenvalue weighted by Gasteiger charge is -2.07. The zero-order valence-electron chi connectivity index (χ0n) is 17.5. The van der Waals surface area contributed by atoms with Crippen LogP contribution in [0.5, 0.6) is 0 Å². The Labute approximate surface area is 175 Å². The number of amides is 1. The molecule has 0 atom stereocenters. The second-order valence-electron chi connectivity index (χ2n) is 7.32. The van der Waals surface area contributed by atoms with Gasteiger partial charge in [0.05, 0.1) is 22.9 Å². The van der Waals surface area contributed by atoms with E-state index in [-0.39, 0.29) is 5.91 Å². The Balaban J connectivity index is 2.07. The fourth-order valence-corrected chi connectivity index (χ4v) is 3.25. The molecule has 0 saturated carbocycles. The number of nitrogens with zero attached hydrogens (tertiary/aromatic N) is 1. The van der Waals surface area contributed by atoms with E-state index in [9.17, 15) is 9.59 Å². The molecule has 0 bridgehead atoms. The topological polar surface area (TPSA) is 57.5 Å². The Bertz CT molecular complexity index is 589. The van der Waals surface area contributed by atoms with Crippen LogP contribution < -0.4 is 5.32 Å². The summed E-state index contributed by atoms with van der Waals surface area (Å²) < 4.78 is 5.31. The van der Waals surface area contributed by atoms with Crippen LogP contribution in [0.15, 0.2) is 18.2 Å². The van der Waals surface area contributed by atoms with Gasteiger partial charge in [-0.15, -0.1) is 0 Å². The minimum Gasteiger partial charge on any atom is -0.462 e. The molecule has 0 unspecified atom stereocenters. The molecular formula is C23H35ClNO3. The fourth-order valence-electron chi connectivity index (χ4n) is 3.09. The number of carbonyl (C=O) groups excluding carboxylic acids is 2. The molecule has 0 heterocycles. The van der Waals surface area contributed by atoms with Crippen molar-refractivity contribution in [2.75, 3.05) is 6.61 Å². The summed E-state index contributed by atoms with van der Waals surface area (Å²) in [7, 11) is 0. The van der Waals surface area contributed by atoms with Crippen LogP contribution in [0.2, 0.25) is 5.02 Å². The Hall–Kier alpha value is -1.55. The van der Waals surface area contributed by atoms with Crippen molar-refractivity contribution < 1.29 is 14.3 Å². The molecule has 1 amide bonds. The summed E-state index contributed by atoms with van der Waals surface area (Å²) in [6.45, 7) is 4.01. The second kappa shape index (κ2) is 15.4. The molecule has 28 heavy (non-hydrogen) atoms. The van der Waals surface area contributed by atoms with Crippen LogP contribution in [0.25, 0.3) is 0 Å². The van der Waals surface area contributed by atoms with Gasteiger partial charge in [-0.25, -0.2) is 10.1 Å². The highest BCUT2D eigenvalue weighted by molar-refractivity contribution is 6.33. The minimum absolute atomic E-state index is 0.300. The number of halogens is 1. The first kappa shape index (κ1) is 24.5. The van der Waals surface area contributed by atoms with Gasteiger partial charge in [-0.05, 0) is 24.6 Å². The van der Waals surface area contributed by atoms with Gasteiger partial charge < -0.3 is 4.74 Å². The van der Waals surface area contributed by atoms with Gasteiger partial charge in [-0.1, -0.05) is 89.2 Å². The summed E-state index contributed by atoms with van der Waals surface area (Å²) in [5, 5.41) is 4.13. The number of rotatable bonds is 15. The van der Waals surface area contributed by atoms with Crippen molar-refractivity contribution in [3.63, 3.8) is 0 Å². The largest absolute Gasteiger partial charge is 0.462 e. The van der Waals surface area contributed by atoms with Crippen LogP contribution in [-0.2, 0) is 9.53 Å². The molecule has 1 aromatic carbocycles. The van der Waals surface area contributed by atoms with Crippen LogP contribution in [0.4, 0.5) is 5.69 Å². The normalized spacial score (nSPS) is 10.7. The monoisotopic (exact) mass is 408 g/mol. The molecule has 157 valence electrons. The van der Waals surface area contributed by atoms with Gasteiger partial charge in [0.1, 0.15) is 0 Å². The Morgan fingerprint density at radius 3 is 1.96 bits per heavy atom. The first-order chi connectivity index (χ1) is 13.5. The molecule has 0 aliphatic carbocycles. The van der Waals surface area contributed by atoms with Gasteiger partial charge in [0.15, 0.2) is 0 Å². The van der Waals surface area contributed by atoms with E-state index >= 15 is 0 Å². The van der Waals surface area contributed by atoms with E-state index in [2.05, 4.69) is 12.2 Å². The number of hydrogen-bond acceptors (Lipinski definition) is 3. The van der Waals surface area contributed by atoms with Crippen molar-refractivity contribution in [1.82, 2.24) is 5.32 Å². The molecule has 5 heteroatoms. The Kier molecular flexibility index (Phi) is 13.5. The maximum Gasteiger partial charge on any atom is 0.338 e. The summed E-state index contributed by atoms with van der Waals surface area (Å²) in [4.78, 5) is 23.2. The predicted molar refractivity (Wildman–Crippen MR) is 115 cm³/mol. The van der Waals surface area contributed by atoms with Gasteiger partial charge in [0.2, 0.25) is 5.91 Å². The molecule has 1 rings (SSSR count). The zero-order chi connectivity index (χ0) is 20.6. The van der Waals surface area contributed by atoms with Gasteiger partial charge in [0, 0.05) is 6.92 Å². The molecule has 4 nitrogen and oxygen atoms in total. The van der Waals surface area contributed by atoms with E-state index in [4.69, 9.17) is 16.3 Å². The average Bonchev–Trinajstić information content (AvgIpc) is 2.66. The number of ether oxygens (including phenoxy) is 1. The number of esters is 1. The van der Waals surface area contributed by atoms with Crippen LogP contribution in [0, 0.1) is 0 Å². The van der Waals surface area contributed by atoms with Crippen molar-refractivity contribution >= 4 is 29.2 Å². The number of benzene rings is 1. The first-order valence-electron chi connectivity index (χ1n) is 10.7. The minimum atomic E-state index is -0.403. The van der Waals surface area contributed by atoms with Crippen molar-refractivity contribution in [2.45, 2.75) is 90.9 Å². The van der Waals surface area contributed by atoms with Crippen molar-refractivity contribution in [3.05, 3.63) is 28.8 Å². The lowest BCUT2D eigenvalue weighted by molar-refractivity contribution is -0.118. The third-order valence-electron chi connectivity index (χ3n) is 4.69. The lowest BCUT2D eigenvalue weighted by atomic mass is 10.1. The molecule has 1 radical (unpaired) electrons. The smallest absolute Gasteiger partial charge is 0.338 e. The summed E-state index contributed by atoms with van der Waals surface area (Å²) in [5.41, 5.74) is 0.664. The molecule has 0 aliphatic heterocycles. The van der Waals surface area contributed by atoms with Crippen LogP contribution in [0.3, 0.4) is 0 Å². The zero-order valence-corrected chi connectivity index (χ0v) is 18.2. The van der Waals surface area contributed by atoms with Crippen LogP contribution in [-0.4, -0.2) is 18.5 Å². The Morgan fingerprint density at radius 1 is 0.893 bits per heavy atom. The third kappa shape index (κ3) is 11.3. The highest BCUT2D eigenvalue weighted by atomic mass is 35.5. The molecule has 0 aromatic heterocycles. The van der Waals surface area contributed by atoms with E-state index < -0.39 is 5.97 Å². The molecule has 0 aliphatic rings. The summed E-state index contributed by atoms with van der Waals surface area (Å²) in [5.74, 6) is -0.761. The van der Waals surface area contributed by atoms with Crippen LogP contribution in [0.1, 0.15) is 101 Å². The third-order valence-corrected chi connectivity index (χ3v) is 5.01. The van der Waals surface area contributed by atoms with Gasteiger partial charge in [-0.3, -0.25) is 4.79 Å². The van der Waals surface area contributed by atoms with Crippen LogP contribution >= 0.6 is 11.6 Å². The van der Waals surface area contributed by atoms with E-state index in [1.165, 1.54) is 77.2 Å². The van der Waals surface area contributed by atoms with Gasteiger partial charge in [-0.2, -0.15) is 0 Å².